The molecule has 0 aliphatic carbocycles. The Morgan fingerprint density at radius 1 is 0.466 bits per heavy atom. The highest BCUT2D eigenvalue weighted by molar-refractivity contribution is 8.78. The van der Waals surface area contributed by atoms with E-state index in [0.717, 1.165) is 162 Å². The molecule has 3 aromatic carbocycles. The number of imidazole rings is 4. The number of unbranched alkanes of at least 4 members (excludes halogenated alkanes) is 5. The van der Waals surface area contributed by atoms with Crippen LogP contribution in [0.25, 0.3) is 33.1 Å². The molecule has 0 spiro atoms. The molecule has 4 aliphatic rings. The van der Waals surface area contributed by atoms with Gasteiger partial charge in [-0.1, -0.05) is 185 Å². The minimum absolute atomic E-state index is 0.129. The molecule has 0 radical (unpaired) electrons. The van der Waals surface area contributed by atoms with E-state index in [1.165, 1.54) is 109 Å². The molecular weight excluding hydrogens is 2110 g/mol. The van der Waals surface area contributed by atoms with Crippen LogP contribution in [0.4, 0.5) is 0 Å². The van der Waals surface area contributed by atoms with E-state index in [1.807, 2.05) is 238 Å². The molecule has 148 heavy (non-hydrogen) atoms. The van der Waals surface area contributed by atoms with Crippen LogP contribution in [-0.2, 0) is 54.2 Å². The van der Waals surface area contributed by atoms with Crippen molar-refractivity contribution >= 4 is 190 Å². The van der Waals surface area contributed by atoms with Crippen LogP contribution in [0.2, 0.25) is 0 Å². The number of aromatic nitrogens is 17. The number of H-pyrrole nitrogens is 4. The summed E-state index contributed by atoms with van der Waals surface area (Å²) in [6, 6.07) is 23.7. The molecular formula is C99H170N27O10P2S10+. The number of amides is 3. The van der Waals surface area contributed by atoms with E-state index in [4.69, 9.17) is 19.8 Å². The van der Waals surface area contributed by atoms with Gasteiger partial charge in [0.05, 0.1) is 25.3 Å². The van der Waals surface area contributed by atoms with Crippen molar-refractivity contribution in [2.45, 2.75) is 273 Å². The average molecular weight is 2280 g/mol. The second-order valence-electron chi connectivity index (χ2n) is 37.0. The van der Waals surface area contributed by atoms with Gasteiger partial charge in [-0.3, -0.25) is 28.6 Å². The van der Waals surface area contributed by atoms with Gasteiger partial charge in [-0.2, -0.15) is 29.9 Å². The van der Waals surface area contributed by atoms with Crippen LogP contribution < -0.4 is 25.4 Å². The summed E-state index contributed by atoms with van der Waals surface area (Å²) in [6.45, 7) is 16.5. The molecule has 4 fully saturated rings. The number of carboxylic acid groups (broad SMARTS) is 1. The highest BCUT2D eigenvalue weighted by atomic mass is 33.1. The van der Waals surface area contributed by atoms with E-state index >= 15 is 0 Å². The zero-order valence-corrected chi connectivity index (χ0v) is 100. The second kappa shape index (κ2) is 77.8. The number of carbonyl (C=O) groups excluding carboxylic acids is 4. The lowest BCUT2D eigenvalue weighted by molar-refractivity contribution is -0.145. The Hall–Kier alpha value is -6.47. The summed E-state index contributed by atoms with van der Waals surface area (Å²) in [4.78, 5) is 95.8. The number of aliphatic carboxylic acids is 1. The van der Waals surface area contributed by atoms with Crippen molar-refractivity contribution in [2.75, 3.05) is 140 Å². The Balaban J connectivity index is 0.000000293. The molecule has 37 nitrogen and oxygen atoms in total. The van der Waals surface area contributed by atoms with E-state index in [1.54, 1.807) is 70.0 Å². The van der Waals surface area contributed by atoms with Gasteiger partial charge >= 0.3 is 19.9 Å². The molecule has 14 rings (SSSR count). The number of hydrogen-bond acceptors (Lipinski definition) is 33. The van der Waals surface area contributed by atoms with Crippen LogP contribution in [0.15, 0.2) is 123 Å². The van der Waals surface area contributed by atoms with Crippen molar-refractivity contribution in [3.63, 3.8) is 0 Å². The van der Waals surface area contributed by atoms with Crippen LogP contribution in [-0.4, -0.2) is 336 Å². The molecule has 0 saturated carbocycles. The largest absolute Gasteiger partial charge is 0.481 e. The maximum absolute atomic E-state index is 12.1. The van der Waals surface area contributed by atoms with Gasteiger partial charge in [-0.05, 0) is 242 Å². The van der Waals surface area contributed by atoms with Crippen LogP contribution in [0, 0.1) is 0 Å². The molecule has 3 amide bonds. The van der Waals surface area contributed by atoms with Crippen molar-refractivity contribution in [1.82, 2.24) is 134 Å². The molecule has 11 heterocycles. The fourth-order valence-electron chi connectivity index (χ4n) is 15.7. The van der Waals surface area contributed by atoms with Gasteiger partial charge in [0, 0.05) is 222 Å². The van der Waals surface area contributed by atoms with Crippen LogP contribution >= 0.6 is 127 Å². The fourth-order valence-corrected chi connectivity index (χ4v) is 33.7. The van der Waals surface area contributed by atoms with E-state index in [0.29, 0.717) is 85.6 Å². The fraction of sp³-hybridized carbons (Fsp3) is 0.646. The van der Waals surface area contributed by atoms with Gasteiger partial charge in [0.15, 0.2) is 0 Å². The predicted octanol–water partition coefficient (Wildman–Crippen LogP) is 19.9. The van der Waals surface area contributed by atoms with Gasteiger partial charge in [0.2, 0.25) is 17.7 Å². The number of carbonyl (C=O) groups is 5. The maximum atomic E-state index is 12.1. The molecule has 7 aromatic heterocycles. The number of thiol groups is 2. The smallest absolute Gasteiger partial charge is 0.449 e. The number of benzene rings is 3. The Kier molecular flexibility index (Phi) is 69.4. The third-order valence-electron chi connectivity index (χ3n) is 23.3. The first-order valence-corrected chi connectivity index (χ1v) is 65.1. The van der Waals surface area contributed by atoms with Gasteiger partial charge in [0.25, 0.3) is 7.59 Å². The summed E-state index contributed by atoms with van der Waals surface area (Å²) in [6.07, 6.45) is 43.8. The first-order valence-electron chi connectivity index (χ1n) is 51.3. The summed E-state index contributed by atoms with van der Waals surface area (Å²) in [5.74, 6) is 5.56. The van der Waals surface area contributed by atoms with Crippen LogP contribution in [0.3, 0.4) is 0 Å². The van der Waals surface area contributed by atoms with E-state index in [-0.39, 0.29) is 23.7 Å². The monoisotopic (exact) mass is 2280 g/mol. The number of carboxylic acids is 1. The lowest BCUT2D eigenvalue weighted by Crippen LogP contribution is -2.42. The normalized spacial score (nSPS) is 15.5. The second-order valence-corrected chi connectivity index (χ2v) is 56.3. The number of aryl methyl sites for hydroxylation is 1. The van der Waals surface area contributed by atoms with Gasteiger partial charge in [0.1, 0.15) is 33.1 Å². The van der Waals surface area contributed by atoms with E-state index in [9.17, 15) is 28.5 Å². The highest BCUT2D eigenvalue weighted by Gasteiger charge is 2.54. The number of rotatable bonds is 50. The third kappa shape index (κ3) is 53.6. The molecule has 830 valence electrons. The van der Waals surface area contributed by atoms with Crippen LogP contribution in [0.5, 0.6) is 0 Å². The first-order chi connectivity index (χ1) is 71.1. The molecule has 5 atom stereocenters. The lowest BCUT2D eigenvalue weighted by atomic mass is 10.1. The summed E-state index contributed by atoms with van der Waals surface area (Å²) in [5.41, 5.74) is 8.85. The van der Waals surface area contributed by atoms with Gasteiger partial charge in [-0.15, -0.1) is 29.3 Å². The summed E-state index contributed by atoms with van der Waals surface area (Å²) in [7, 11) is 34.3. The molecule has 0 bridgehead atoms. The summed E-state index contributed by atoms with van der Waals surface area (Å²) < 4.78 is 29.9. The van der Waals surface area contributed by atoms with Crippen molar-refractivity contribution in [3.8, 4) is 0 Å². The highest BCUT2D eigenvalue weighted by Crippen LogP contribution is 2.62. The number of fused-ring (bicyclic) bond motifs is 3. The molecule has 4 aliphatic heterocycles. The third-order valence-corrected chi connectivity index (χ3v) is 42.7. The first kappa shape index (κ1) is 132. The van der Waals surface area contributed by atoms with Crippen LogP contribution in [0.1, 0.15) is 231 Å². The van der Waals surface area contributed by atoms with Crippen molar-refractivity contribution in [1.29, 1.82) is 0 Å². The molecule has 5 unspecified atom stereocenters. The van der Waals surface area contributed by atoms with Gasteiger partial charge in [-0.25, -0.2) is 38.7 Å². The topological polar surface area (TPSA) is 427 Å². The average Bonchev–Trinajstić information content (AvgIpc) is 1.71. The zero-order valence-electron chi connectivity index (χ0n) is 90.3. The number of para-hydroxylation sites is 3. The maximum Gasteiger partial charge on any atom is 0.449 e. The standard InChI is InChI=1S/C14H17N3O2S2.2C13H21N3OS2.C13H23N3OS2.C12H22N6OP.C8H19N.C8H14O2S2.C6H18N3OP.C6H5N3O.C6H10N2/c18-14(8-4-1-5-11-9-10-20-21-11)19-17-13-7-3-2-6-12(13)15-16-17;2*17-13(15-7-5-11-9-14-10-16-11)4-2-1-3-12-6-8-18-19-12;17-13(4-2-1-3-12(19)6-8-18)15-7-5-11-9-14-10-16-11;1-15(2)20(16(3)4,17(5)6)19-18-12-10-8-7-9-11(12)13-14-18;1-6-9(7(2)3)8(4)5;9-8(10)4-2-1-3-7-5-6-11-12-7;1-7(2)11(10,8(3)4)9(5)6;10-9-6-4-2-1-3-5(6)7-8-9;1-2-3-6-4-7-5-8-6/h2-3,6-7,11H,1,4-5,8-10H2;2*9-10,12H,1-8H2,(H,14,16)(H,15,17);9-10,12,18-19H,1-8H2,(H,14,16)(H,15,17);7-10H,1-6H3;7-8H,6H2,1-5H3;7H,1-6H2,(H,9,10);1-6H3;1-4,10H;4-5H,2-3H2,1H3,(H,7,8)/q;;;;+1;;;;;. The number of aromatic amines is 4. The Morgan fingerprint density at radius 3 is 1.11 bits per heavy atom. The number of nitrogens with zero attached hydrogens (tertiary/aromatic N) is 20. The molecule has 9 N–H and O–H groups in total. The Bertz CT molecular complexity index is 5000. The number of hydrogen-bond donors (Lipinski definition) is 11. The van der Waals surface area contributed by atoms with Crippen molar-refractivity contribution in [3.05, 3.63) is 146 Å². The Labute approximate surface area is 922 Å². The molecule has 49 heteroatoms. The Morgan fingerprint density at radius 2 is 0.804 bits per heavy atom. The predicted molar refractivity (Wildman–Crippen MR) is 631 cm³/mol. The summed E-state index contributed by atoms with van der Waals surface area (Å²) in [5, 5.41) is 53.0. The van der Waals surface area contributed by atoms with E-state index < -0.39 is 21.5 Å². The SMILES string of the molecule is CCCc1cnc[nH]1.CCN(C(C)C)C(C)C.CN(C)P(=O)(N(C)C)N(C)C.CN(C)[P+](On1nnc2ccccc21)(N(C)C)N(C)C.O=C(CCCCC(S)CCS)NCCc1cnc[nH]1.O=C(CCCCC1CCSS1)NCCc1cnc[nH]1.O=C(CCCCC1CCSS1)NCCc1cnc[nH]1.O=C(CCCCC1CCSS1)On1nnc2ccccc21.O=C(O)CCCCC1CCSS1.On1nnc2ccccc21. The van der Waals surface area contributed by atoms with E-state index in [2.05, 4.69) is 172 Å². The number of nitrogens with one attached hydrogen (secondary N) is 7. The molecule has 4 saturated heterocycles. The van der Waals surface area contributed by atoms with Gasteiger partial charge < -0.3 is 51.0 Å². The molecule has 10 aromatic rings. The lowest BCUT2D eigenvalue weighted by Gasteiger charge is -2.35. The quantitative estimate of drug-likeness (QED) is 0.00421. The minimum atomic E-state index is -2.44. The van der Waals surface area contributed by atoms with Crippen molar-refractivity contribution in [2.24, 2.45) is 0 Å². The van der Waals surface area contributed by atoms with Crippen molar-refractivity contribution < 1.29 is 48.3 Å². The minimum Gasteiger partial charge on any atom is -0.481 e. The zero-order chi connectivity index (χ0) is 108. The summed E-state index contributed by atoms with van der Waals surface area (Å²) >= 11 is 8.65.